The predicted molar refractivity (Wildman–Crippen MR) is 95.1 cm³/mol. The summed E-state index contributed by atoms with van der Waals surface area (Å²) in [6.45, 7) is 1.91. The number of nitrogens with zero attached hydrogens (tertiary/aromatic N) is 2. The largest absolute Gasteiger partial charge is 0.294 e. The van der Waals surface area contributed by atoms with E-state index in [-0.39, 0.29) is 11.7 Å². The standard InChI is InChI=1S/C20H17ClN2O/c1-13-20-18(23(22-13)17-9-7-16(21)8-10-17)11-15(12-19(20)24)14-5-3-2-4-6-14/h2-10,15H,11-12H2,1H3/t15-/m0/s1. The number of aryl methyl sites for hydroxylation is 1. The van der Waals surface area contributed by atoms with Crippen molar-refractivity contribution in [1.29, 1.82) is 0 Å². The van der Waals surface area contributed by atoms with E-state index >= 15 is 0 Å². The first-order chi connectivity index (χ1) is 11.6. The highest BCUT2D eigenvalue weighted by Crippen LogP contribution is 2.35. The summed E-state index contributed by atoms with van der Waals surface area (Å²) in [6, 6.07) is 17.8. The van der Waals surface area contributed by atoms with Gasteiger partial charge < -0.3 is 0 Å². The molecule has 0 aliphatic heterocycles. The Hall–Kier alpha value is -2.39. The molecule has 120 valence electrons. The van der Waals surface area contributed by atoms with Gasteiger partial charge in [-0.15, -0.1) is 0 Å². The molecule has 0 amide bonds. The zero-order valence-electron chi connectivity index (χ0n) is 13.4. The number of rotatable bonds is 2. The lowest BCUT2D eigenvalue weighted by Crippen LogP contribution is -2.20. The monoisotopic (exact) mass is 336 g/mol. The third-order valence-corrected chi connectivity index (χ3v) is 4.90. The van der Waals surface area contributed by atoms with Gasteiger partial charge in [0.15, 0.2) is 5.78 Å². The van der Waals surface area contributed by atoms with Crippen molar-refractivity contribution in [3.8, 4) is 5.69 Å². The van der Waals surface area contributed by atoms with E-state index in [0.717, 1.165) is 29.1 Å². The van der Waals surface area contributed by atoms with Crippen LogP contribution < -0.4 is 0 Å². The quantitative estimate of drug-likeness (QED) is 0.677. The van der Waals surface area contributed by atoms with Crippen molar-refractivity contribution < 1.29 is 4.79 Å². The summed E-state index contributed by atoms with van der Waals surface area (Å²) in [5.74, 6) is 0.385. The zero-order valence-corrected chi connectivity index (χ0v) is 14.1. The molecule has 4 heteroatoms. The van der Waals surface area contributed by atoms with Crippen LogP contribution in [0.25, 0.3) is 5.69 Å². The number of halogens is 1. The predicted octanol–water partition coefficient (Wildman–Crippen LogP) is 4.75. The van der Waals surface area contributed by atoms with Gasteiger partial charge in [0.2, 0.25) is 0 Å². The van der Waals surface area contributed by atoms with Gasteiger partial charge in [-0.05, 0) is 49.1 Å². The zero-order chi connectivity index (χ0) is 16.7. The number of aromatic nitrogens is 2. The van der Waals surface area contributed by atoms with Crippen LogP contribution in [0.1, 0.15) is 39.6 Å². The first kappa shape index (κ1) is 15.2. The topological polar surface area (TPSA) is 34.9 Å². The third-order valence-electron chi connectivity index (χ3n) is 4.65. The lowest BCUT2D eigenvalue weighted by atomic mass is 9.81. The Balaban J connectivity index is 1.80. The van der Waals surface area contributed by atoms with E-state index in [4.69, 9.17) is 11.6 Å². The van der Waals surface area contributed by atoms with Gasteiger partial charge in [0.25, 0.3) is 0 Å². The first-order valence-corrected chi connectivity index (χ1v) is 8.44. The minimum absolute atomic E-state index is 0.183. The molecule has 2 aromatic carbocycles. The summed E-state index contributed by atoms with van der Waals surface area (Å²) in [7, 11) is 0. The molecule has 0 spiro atoms. The second-order valence-electron chi connectivity index (χ2n) is 6.23. The van der Waals surface area contributed by atoms with Crippen molar-refractivity contribution in [2.75, 3.05) is 0 Å². The highest BCUT2D eigenvalue weighted by Gasteiger charge is 2.31. The van der Waals surface area contributed by atoms with Crippen LogP contribution in [0.4, 0.5) is 0 Å². The van der Waals surface area contributed by atoms with Crippen molar-refractivity contribution in [2.24, 2.45) is 0 Å². The highest BCUT2D eigenvalue weighted by atomic mass is 35.5. The Bertz CT molecular complexity index is 897. The lowest BCUT2D eigenvalue weighted by Gasteiger charge is -2.23. The number of fused-ring (bicyclic) bond motifs is 1. The maximum atomic E-state index is 12.7. The Morgan fingerprint density at radius 3 is 2.46 bits per heavy atom. The van der Waals surface area contributed by atoms with Gasteiger partial charge in [0.1, 0.15) is 0 Å². The average Bonchev–Trinajstić information content (AvgIpc) is 2.93. The molecule has 0 unspecified atom stereocenters. The first-order valence-electron chi connectivity index (χ1n) is 8.06. The summed E-state index contributed by atoms with van der Waals surface area (Å²) >= 11 is 5.99. The fraction of sp³-hybridized carbons (Fsp3) is 0.200. The molecule has 0 fully saturated rings. The van der Waals surface area contributed by atoms with E-state index in [0.29, 0.717) is 11.4 Å². The van der Waals surface area contributed by atoms with Gasteiger partial charge in [0, 0.05) is 11.4 Å². The van der Waals surface area contributed by atoms with Crippen molar-refractivity contribution in [1.82, 2.24) is 9.78 Å². The second-order valence-corrected chi connectivity index (χ2v) is 6.67. The van der Waals surface area contributed by atoms with E-state index in [1.54, 1.807) is 0 Å². The van der Waals surface area contributed by atoms with E-state index in [2.05, 4.69) is 17.2 Å². The SMILES string of the molecule is Cc1nn(-c2ccc(Cl)cc2)c2c1C(=O)C[C@@H](c1ccccc1)C2. The minimum atomic E-state index is 0.183. The number of Topliss-reactive ketones (excluding diaryl/α,β-unsaturated/α-hetero) is 1. The van der Waals surface area contributed by atoms with E-state index in [9.17, 15) is 4.79 Å². The summed E-state index contributed by atoms with van der Waals surface area (Å²) in [4.78, 5) is 12.7. The Morgan fingerprint density at radius 1 is 1.04 bits per heavy atom. The normalized spacial score (nSPS) is 16.9. The van der Waals surface area contributed by atoms with E-state index in [1.165, 1.54) is 5.56 Å². The number of carbonyl (C=O) groups excluding carboxylic acids is 1. The van der Waals surface area contributed by atoms with Crippen LogP contribution in [0, 0.1) is 6.92 Å². The molecule has 1 aromatic heterocycles. The van der Waals surface area contributed by atoms with Crippen LogP contribution in [-0.4, -0.2) is 15.6 Å². The Kier molecular flexibility index (Phi) is 3.73. The fourth-order valence-corrected chi connectivity index (χ4v) is 3.64. The molecule has 1 aliphatic rings. The van der Waals surface area contributed by atoms with Gasteiger partial charge in [-0.1, -0.05) is 41.9 Å². The molecular formula is C20H17ClN2O. The van der Waals surface area contributed by atoms with Crippen LogP contribution in [-0.2, 0) is 6.42 Å². The molecule has 0 radical (unpaired) electrons. The summed E-state index contributed by atoms with van der Waals surface area (Å²) in [6.07, 6.45) is 1.36. The van der Waals surface area contributed by atoms with E-state index < -0.39 is 0 Å². The maximum absolute atomic E-state index is 12.7. The van der Waals surface area contributed by atoms with Crippen LogP contribution in [0.2, 0.25) is 5.02 Å². The summed E-state index contributed by atoms with van der Waals surface area (Å²) < 4.78 is 1.90. The number of ketones is 1. The fourth-order valence-electron chi connectivity index (χ4n) is 3.51. The molecule has 24 heavy (non-hydrogen) atoms. The molecular weight excluding hydrogens is 320 g/mol. The Labute approximate surface area is 145 Å². The van der Waals surface area contributed by atoms with Gasteiger partial charge in [-0.25, -0.2) is 4.68 Å². The molecule has 4 rings (SSSR count). The van der Waals surface area contributed by atoms with Crippen LogP contribution in [0.5, 0.6) is 0 Å². The van der Waals surface area contributed by atoms with Gasteiger partial charge >= 0.3 is 0 Å². The molecule has 3 nitrogen and oxygen atoms in total. The molecule has 3 aromatic rings. The molecule has 0 saturated carbocycles. The van der Waals surface area contributed by atoms with Crippen molar-refractivity contribution in [2.45, 2.75) is 25.7 Å². The third kappa shape index (κ3) is 2.55. The number of hydrogen-bond acceptors (Lipinski definition) is 2. The molecule has 1 aliphatic carbocycles. The van der Waals surface area contributed by atoms with Crippen LogP contribution >= 0.6 is 11.6 Å². The molecule has 0 bridgehead atoms. The summed E-state index contributed by atoms with van der Waals surface area (Å²) in [5, 5.41) is 5.31. The van der Waals surface area contributed by atoms with Gasteiger partial charge in [0.05, 0.1) is 22.6 Å². The second kappa shape index (κ2) is 5.91. The molecule has 0 N–H and O–H groups in total. The number of benzene rings is 2. The summed E-state index contributed by atoms with van der Waals surface area (Å²) in [5.41, 5.74) is 4.73. The average molecular weight is 337 g/mol. The molecule has 0 saturated heterocycles. The minimum Gasteiger partial charge on any atom is -0.294 e. The van der Waals surface area contributed by atoms with Gasteiger partial charge in [-0.2, -0.15) is 5.10 Å². The highest BCUT2D eigenvalue weighted by molar-refractivity contribution is 6.30. The van der Waals surface area contributed by atoms with Crippen molar-refractivity contribution in [3.63, 3.8) is 0 Å². The van der Waals surface area contributed by atoms with Crippen LogP contribution in [0.3, 0.4) is 0 Å². The smallest absolute Gasteiger partial charge is 0.167 e. The van der Waals surface area contributed by atoms with Crippen LogP contribution in [0.15, 0.2) is 54.6 Å². The maximum Gasteiger partial charge on any atom is 0.167 e. The van der Waals surface area contributed by atoms with Crippen molar-refractivity contribution in [3.05, 3.63) is 82.1 Å². The van der Waals surface area contributed by atoms with Crippen molar-refractivity contribution >= 4 is 17.4 Å². The number of hydrogen-bond donors (Lipinski definition) is 0. The number of carbonyl (C=O) groups is 1. The Morgan fingerprint density at radius 2 is 1.75 bits per heavy atom. The molecule has 1 atom stereocenters. The molecule has 1 heterocycles. The van der Waals surface area contributed by atoms with Gasteiger partial charge in [-0.3, -0.25) is 4.79 Å². The van der Waals surface area contributed by atoms with E-state index in [1.807, 2.05) is 54.1 Å². The lowest BCUT2D eigenvalue weighted by molar-refractivity contribution is 0.0963.